The molecule has 1 heterocycles. The van der Waals surface area contributed by atoms with Gasteiger partial charge in [0.2, 0.25) is 0 Å². The van der Waals surface area contributed by atoms with Crippen LogP contribution in [0.1, 0.15) is 11.3 Å². The minimum Gasteiger partial charge on any atom is -0.258 e. The van der Waals surface area contributed by atoms with Crippen LogP contribution in [-0.2, 0) is 12.1 Å². The van der Waals surface area contributed by atoms with Crippen LogP contribution < -0.4 is 0 Å². The first-order valence-electron chi connectivity index (χ1n) is 5.41. The van der Waals surface area contributed by atoms with Crippen LogP contribution in [0.5, 0.6) is 0 Å². The molecule has 0 N–H and O–H groups in total. The Morgan fingerprint density at radius 3 is 2.43 bits per heavy atom. The van der Waals surface area contributed by atoms with Crippen molar-refractivity contribution in [3.63, 3.8) is 0 Å². The highest BCUT2D eigenvalue weighted by Gasteiger charge is 2.39. The van der Waals surface area contributed by atoms with Crippen molar-refractivity contribution >= 4 is 28.9 Å². The van der Waals surface area contributed by atoms with Crippen molar-refractivity contribution in [3.05, 3.63) is 50.8 Å². The van der Waals surface area contributed by atoms with Crippen molar-refractivity contribution in [1.29, 1.82) is 0 Å². The molecule has 112 valence electrons. The maximum absolute atomic E-state index is 12.9. The van der Waals surface area contributed by atoms with Gasteiger partial charge in [0.1, 0.15) is 10.8 Å². The molecule has 0 amide bonds. The molecule has 0 saturated carbocycles. The van der Waals surface area contributed by atoms with E-state index < -0.39 is 39.1 Å². The molecule has 2 aromatic rings. The summed E-state index contributed by atoms with van der Waals surface area (Å²) in [6.07, 6.45) is -4.76. The first-order valence-corrected chi connectivity index (χ1v) is 6.33. The third-order valence-electron chi connectivity index (χ3n) is 2.63. The zero-order valence-electron chi connectivity index (χ0n) is 10.1. The fourth-order valence-corrected chi connectivity index (χ4v) is 2.34. The van der Waals surface area contributed by atoms with Gasteiger partial charge in [0.05, 0.1) is 10.8 Å². The van der Waals surface area contributed by atoms with Gasteiger partial charge in [-0.2, -0.15) is 18.3 Å². The summed E-state index contributed by atoms with van der Waals surface area (Å²) >= 11 is 11.3. The number of aromatic nitrogens is 2. The molecule has 0 unspecified atom stereocenters. The lowest BCUT2D eigenvalue weighted by molar-refractivity contribution is -0.384. The molecule has 0 bridgehead atoms. The van der Waals surface area contributed by atoms with Gasteiger partial charge in [-0.25, -0.2) is 4.68 Å². The Kier molecular flexibility index (Phi) is 4.11. The molecule has 0 atom stereocenters. The Bertz CT molecular complexity index is 701. The number of benzene rings is 1. The molecule has 0 aliphatic carbocycles. The summed E-state index contributed by atoms with van der Waals surface area (Å²) in [7, 11) is 0. The summed E-state index contributed by atoms with van der Waals surface area (Å²) in [6, 6.07) is 5.19. The van der Waals surface area contributed by atoms with E-state index in [2.05, 4.69) is 5.10 Å². The molecular weight excluding hydrogens is 334 g/mol. The number of hydrogen-bond donors (Lipinski definition) is 0. The second-order valence-corrected chi connectivity index (χ2v) is 4.53. The average molecular weight is 340 g/mol. The van der Waals surface area contributed by atoms with Crippen LogP contribution in [0.2, 0.25) is 5.15 Å². The van der Waals surface area contributed by atoms with Gasteiger partial charge in [0.25, 0.3) is 5.69 Å². The summed E-state index contributed by atoms with van der Waals surface area (Å²) < 4.78 is 39.3. The van der Waals surface area contributed by atoms with E-state index in [0.717, 1.165) is 6.07 Å². The summed E-state index contributed by atoms with van der Waals surface area (Å²) in [6.45, 7) is 0. The quantitative estimate of drug-likeness (QED) is 0.478. The maximum atomic E-state index is 12.9. The maximum Gasteiger partial charge on any atom is 0.435 e. The molecule has 1 aromatic carbocycles. The largest absolute Gasteiger partial charge is 0.435 e. The zero-order valence-corrected chi connectivity index (χ0v) is 11.6. The van der Waals surface area contributed by atoms with E-state index in [1.807, 2.05) is 0 Å². The molecule has 0 fully saturated rings. The SMILES string of the molecule is O=[N+]([O-])c1ccccc1-n1nc(C(F)(F)F)c(CCl)c1Cl. The normalized spacial score (nSPS) is 11.7. The molecule has 0 aliphatic heterocycles. The van der Waals surface area contributed by atoms with Crippen molar-refractivity contribution in [2.24, 2.45) is 0 Å². The summed E-state index contributed by atoms with van der Waals surface area (Å²) in [5.41, 5.74) is -2.28. The van der Waals surface area contributed by atoms with Gasteiger partial charge in [-0.15, -0.1) is 11.6 Å². The van der Waals surface area contributed by atoms with Gasteiger partial charge in [-0.1, -0.05) is 23.7 Å². The highest BCUT2D eigenvalue weighted by molar-refractivity contribution is 6.31. The standard InChI is InChI=1S/C11H6Cl2F3N3O2/c12-5-6-9(11(14,15)16)17-18(10(6)13)7-3-1-2-4-8(7)19(20)21/h1-4H,5H2. The fraction of sp³-hybridized carbons (Fsp3) is 0.182. The molecule has 0 spiro atoms. The number of nitro benzene ring substituents is 1. The van der Waals surface area contributed by atoms with E-state index in [4.69, 9.17) is 23.2 Å². The fourth-order valence-electron chi connectivity index (χ4n) is 1.73. The van der Waals surface area contributed by atoms with Crippen molar-refractivity contribution in [3.8, 4) is 5.69 Å². The minimum absolute atomic E-state index is 0.172. The monoisotopic (exact) mass is 339 g/mol. The number of hydrogen-bond acceptors (Lipinski definition) is 3. The highest BCUT2D eigenvalue weighted by Crippen LogP contribution is 2.37. The molecule has 1 aromatic heterocycles. The lowest BCUT2D eigenvalue weighted by Crippen LogP contribution is -2.09. The average Bonchev–Trinajstić information content (AvgIpc) is 2.75. The smallest absolute Gasteiger partial charge is 0.258 e. The Hall–Kier alpha value is -1.80. The van der Waals surface area contributed by atoms with E-state index in [9.17, 15) is 23.3 Å². The molecule has 21 heavy (non-hydrogen) atoms. The zero-order chi connectivity index (χ0) is 15.8. The van der Waals surface area contributed by atoms with Gasteiger partial charge < -0.3 is 0 Å². The lowest BCUT2D eigenvalue weighted by Gasteiger charge is -2.04. The summed E-state index contributed by atoms with van der Waals surface area (Å²) in [5.74, 6) is -0.520. The minimum atomic E-state index is -4.76. The Balaban J connectivity index is 2.72. The Morgan fingerprint density at radius 2 is 1.95 bits per heavy atom. The predicted molar refractivity (Wildman–Crippen MR) is 69.8 cm³/mol. The second-order valence-electron chi connectivity index (χ2n) is 3.91. The van der Waals surface area contributed by atoms with Crippen LogP contribution in [0.4, 0.5) is 18.9 Å². The van der Waals surface area contributed by atoms with Gasteiger partial charge in [-0.3, -0.25) is 10.1 Å². The van der Waals surface area contributed by atoms with E-state index in [-0.39, 0.29) is 5.69 Å². The topological polar surface area (TPSA) is 61.0 Å². The number of halogens is 5. The van der Waals surface area contributed by atoms with Gasteiger partial charge in [-0.05, 0) is 6.07 Å². The molecule has 0 radical (unpaired) electrons. The number of alkyl halides is 4. The molecular formula is C11H6Cl2F3N3O2. The van der Waals surface area contributed by atoms with E-state index in [1.54, 1.807) is 0 Å². The van der Waals surface area contributed by atoms with Crippen molar-refractivity contribution in [1.82, 2.24) is 9.78 Å². The van der Waals surface area contributed by atoms with Crippen molar-refractivity contribution in [2.75, 3.05) is 0 Å². The van der Waals surface area contributed by atoms with Crippen molar-refractivity contribution in [2.45, 2.75) is 12.1 Å². The summed E-state index contributed by atoms with van der Waals surface area (Å²) in [4.78, 5) is 10.2. The molecule has 0 saturated heterocycles. The van der Waals surface area contributed by atoms with Crippen LogP contribution >= 0.6 is 23.2 Å². The number of para-hydroxylation sites is 2. The van der Waals surface area contributed by atoms with E-state index >= 15 is 0 Å². The van der Waals surface area contributed by atoms with Crippen LogP contribution in [0, 0.1) is 10.1 Å². The summed E-state index contributed by atoms with van der Waals surface area (Å²) in [5, 5.41) is 13.9. The molecule has 5 nitrogen and oxygen atoms in total. The van der Waals surface area contributed by atoms with Crippen LogP contribution in [0.15, 0.2) is 24.3 Å². The Labute approximate surface area is 126 Å². The molecule has 2 rings (SSSR count). The number of nitro groups is 1. The number of nitrogens with zero attached hydrogens (tertiary/aromatic N) is 3. The first-order chi connectivity index (χ1) is 9.77. The van der Waals surface area contributed by atoms with Crippen LogP contribution in [0.3, 0.4) is 0 Å². The molecule has 10 heteroatoms. The van der Waals surface area contributed by atoms with Gasteiger partial charge in [0.15, 0.2) is 5.69 Å². The van der Waals surface area contributed by atoms with E-state index in [1.165, 1.54) is 18.2 Å². The molecule has 0 aliphatic rings. The lowest BCUT2D eigenvalue weighted by atomic mass is 10.2. The van der Waals surface area contributed by atoms with Gasteiger partial charge in [0, 0.05) is 11.6 Å². The number of rotatable bonds is 3. The first kappa shape index (κ1) is 15.6. The van der Waals surface area contributed by atoms with E-state index in [0.29, 0.717) is 4.68 Å². The van der Waals surface area contributed by atoms with Gasteiger partial charge >= 0.3 is 6.18 Å². The Morgan fingerprint density at radius 1 is 1.33 bits per heavy atom. The van der Waals surface area contributed by atoms with Crippen LogP contribution in [-0.4, -0.2) is 14.7 Å². The second kappa shape index (κ2) is 5.53. The van der Waals surface area contributed by atoms with Crippen molar-refractivity contribution < 1.29 is 18.1 Å². The predicted octanol–water partition coefficient (Wildman–Crippen LogP) is 4.19. The van der Waals surface area contributed by atoms with Crippen LogP contribution in [0.25, 0.3) is 5.69 Å². The highest BCUT2D eigenvalue weighted by atomic mass is 35.5. The third-order valence-corrected chi connectivity index (χ3v) is 3.29. The third kappa shape index (κ3) is 2.81.